The molecule has 0 fully saturated rings. The molecule has 0 bridgehead atoms. The molecule has 1 rings (SSSR count). The molecule has 1 nitrogen and oxygen atoms in total. The third-order valence-electron chi connectivity index (χ3n) is 1.46. The van der Waals surface area contributed by atoms with Gasteiger partial charge in [-0.3, -0.25) is 0 Å². The Balaban J connectivity index is 2.89. The van der Waals surface area contributed by atoms with Gasteiger partial charge in [0.15, 0.2) is 0 Å². The Morgan fingerprint density at radius 2 is 1.91 bits per heavy atom. The van der Waals surface area contributed by atoms with Gasteiger partial charge in [0.25, 0.3) is 0 Å². The molecule has 0 spiro atoms. The molecule has 0 aromatic heterocycles. The monoisotopic (exact) mass is 211 g/mol. The topological polar surface area (TPSA) is 17.1 Å². The van der Waals surface area contributed by atoms with Crippen LogP contribution >= 0.6 is 15.9 Å². The molecule has 0 aliphatic carbocycles. The highest BCUT2D eigenvalue weighted by atomic mass is 79.9. The average Bonchev–Trinajstić information content (AvgIpc) is 2.05. The zero-order valence-electron chi connectivity index (χ0n) is 5.96. The van der Waals surface area contributed by atoms with E-state index in [2.05, 4.69) is 22.9 Å². The lowest BCUT2D eigenvalue weighted by atomic mass is 10.0. The Morgan fingerprint density at radius 3 is 2.36 bits per heavy atom. The Bertz CT molecular complexity index is 240. The first-order chi connectivity index (χ1) is 5.24. The summed E-state index contributed by atoms with van der Waals surface area (Å²) in [6.07, 6.45) is 0.837. The number of hydrogen-bond acceptors (Lipinski definition) is 1. The molecule has 1 unspecified atom stereocenters. The molecule has 0 amide bonds. The lowest BCUT2D eigenvalue weighted by molar-refractivity contribution is -0.108. The Morgan fingerprint density at radius 1 is 1.36 bits per heavy atom. The third-order valence-corrected chi connectivity index (χ3v) is 1.99. The highest BCUT2D eigenvalue weighted by Crippen LogP contribution is 2.15. The van der Waals surface area contributed by atoms with Crippen LogP contribution in [0, 0.1) is 6.92 Å². The molecule has 0 heterocycles. The summed E-state index contributed by atoms with van der Waals surface area (Å²) in [5, 5.41) is 0. The van der Waals surface area contributed by atoms with Gasteiger partial charge >= 0.3 is 0 Å². The number of rotatable bonds is 2. The normalized spacial score (nSPS) is 12.5. The van der Waals surface area contributed by atoms with E-state index in [1.54, 1.807) is 0 Å². The summed E-state index contributed by atoms with van der Waals surface area (Å²) in [7, 11) is 0. The molecule has 0 N–H and O–H groups in total. The van der Waals surface area contributed by atoms with E-state index < -0.39 is 0 Å². The second-order valence-corrected chi connectivity index (χ2v) is 3.21. The summed E-state index contributed by atoms with van der Waals surface area (Å²) < 4.78 is 1.01. The van der Waals surface area contributed by atoms with Gasteiger partial charge < -0.3 is 4.79 Å². The van der Waals surface area contributed by atoms with Crippen LogP contribution < -0.4 is 0 Å². The fraction of sp³-hybridized carbons (Fsp3) is 0.111. The van der Waals surface area contributed by atoms with Gasteiger partial charge in [-0.2, -0.15) is 0 Å². The molecule has 1 radical (unpaired) electrons. The van der Waals surface area contributed by atoms with Crippen molar-refractivity contribution in [2.75, 3.05) is 0 Å². The van der Waals surface area contributed by atoms with Crippen molar-refractivity contribution in [2.24, 2.45) is 0 Å². The van der Waals surface area contributed by atoms with Crippen LogP contribution in [-0.2, 0) is 4.79 Å². The highest BCUT2D eigenvalue weighted by Gasteiger charge is 2.01. The van der Waals surface area contributed by atoms with Crippen molar-refractivity contribution in [2.45, 2.75) is 5.92 Å². The molecule has 0 aliphatic heterocycles. The summed E-state index contributed by atoms with van der Waals surface area (Å²) in [4.78, 5) is 10.3. The average molecular weight is 212 g/mol. The van der Waals surface area contributed by atoms with Gasteiger partial charge in [-0.1, -0.05) is 28.1 Å². The van der Waals surface area contributed by atoms with Gasteiger partial charge in [0.05, 0.1) is 0 Å². The van der Waals surface area contributed by atoms with Crippen LogP contribution in [0.2, 0.25) is 0 Å². The molecular formula is C9H8BrO. The van der Waals surface area contributed by atoms with E-state index in [0.717, 1.165) is 16.3 Å². The molecule has 1 atom stereocenters. The Labute approximate surface area is 74.6 Å². The van der Waals surface area contributed by atoms with E-state index in [-0.39, 0.29) is 5.92 Å². The second-order valence-electron chi connectivity index (χ2n) is 2.29. The summed E-state index contributed by atoms with van der Waals surface area (Å²) in [5.74, 6) is -0.247. The first-order valence-electron chi connectivity index (χ1n) is 3.28. The molecule has 0 saturated carbocycles. The minimum atomic E-state index is -0.247. The second kappa shape index (κ2) is 3.67. The zero-order chi connectivity index (χ0) is 8.27. The maximum atomic E-state index is 10.3. The minimum absolute atomic E-state index is 0.247. The van der Waals surface area contributed by atoms with Gasteiger partial charge in [0.2, 0.25) is 0 Å². The first kappa shape index (κ1) is 8.47. The molecule has 11 heavy (non-hydrogen) atoms. The predicted octanol–water partition coefficient (Wildman–Crippen LogP) is 2.57. The Kier molecular flexibility index (Phi) is 2.83. The van der Waals surface area contributed by atoms with Crippen LogP contribution in [0.25, 0.3) is 0 Å². The predicted molar refractivity (Wildman–Crippen MR) is 48.3 cm³/mol. The van der Waals surface area contributed by atoms with Crippen molar-refractivity contribution in [1.82, 2.24) is 0 Å². The third kappa shape index (κ3) is 2.15. The maximum Gasteiger partial charge on any atom is 0.127 e. The number of carbonyl (C=O) groups is 1. The van der Waals surface area contributed by atoms with Gasteiger partial charge in [-0.15, -0.1) is 0 Å². The number of hydrogen-bond donors (Lipinski definition) is 0. The number of carbonyl (C=O) groups excluding carboxylic acids is 1. The van der Waals surface area contributed by atoms with Crippen LogP contribution in [0.4, 0.5) is 0 Å². The van der Waals surface area contributed by atoms with E-state index in [1.807, 2.05) is 24.3 Å². The molecule has 0 saturated heterocycles. The number of halogens is 1. The molecule has 0 aliphatic rings. The van der Waals surface area contributed by atoms with Crippen molar-refractivity contribution in [3.05, 3.63) is 41.2 Å². The van der Waals surface area contributed by atoms with Crippen molar-refractivity contribution >= 4 is 22.2 Å². The summed E-state index contributed by atoms with van der Waals surface area (Å²) in [6, 6.07) is 7.57. The largest absolute Gasteiger partial charge is 0.303 e. The summed E-state index contributed by atoms with van der Waals surface area (Å²) >= 11 is 3.31. The fourth-order valence-corrected chi connectivity index (χ4v) is 1.05. The van der Waals surface area contributed by atoms with Crippen LogP contribution in [-0.4, -0.2) is 6.29 Å². The lowest BCUT2D eigenvalue weighted by Crippen LogP contribution is -1.93. The van der Waals surface area contributed by atoms with E-state index in [0.29, 0.717) is 0 Å². The molecule has 57 valence electrons. The molecular weight excluding hydrogens is 204 g/mol. The maximum absolute atomic E-state index is 10.3. The van der Waals surface area contributed by atoms with Gasteiger partial charge in [-0.05, 0) is 24.6 Å². The van der Waals surface area contributed by atoms with Crippen molar-refractivity contribution in [3.63, 3.8) is 0 Å². The van der Waals surface area contributed by atoms with Crippen LogP contribution in [0.5, 0.6) is 0 Å². The van der Waals surface area contributed by atoms with E-state index >= 15 is 0 Å². The molecule has 1 aromatic rings. The van der Waals surface area contributed by atoms with Crippen LogP contribution in [0.1, 0.15) is 11.5 Å². The molecule has 1 aromatic carbocycles. The zero-order valence-corrected chi connectivity index (χ0v) is 7.54. The van der Waals surface area contributed by atoms with Crippen LogP contribution in [0.15, 0.2) is 28.7 Å². The first-order valence-corrected chi connectivity index (χ1v) is 4.07. The quantitative estimate of drug-likeness (QED) is 0.688. The van der Waals surface area contributed by atoms with Crippen molar-refractivity contribution in [1.29, 1.82) is 0 Å². The van der Waals surface area contributed by atoms with Gasteiger partial charge in [0, 0.05) is 10.4 Å². The van der Waals surface area contributed by atoms with Gasteiger partial charge in [-0.25, -0.2) is 0 Å². The SMILES string of the molecule is [CH2]C(C=O)c1ccc(Br)cc1. The van der Waals surface area contributed by atoms with E-state index in [4.69, 9.17) is 0 Å². The highest BCUT2D eigenvalue weighted by molar-refractivity contribution is 9.10. The summed E-state index contributed by atoms with van der Waals surface area (Å²) in [6.45, 7) is 3.67. The summed E-state index contributed by atoms with van der Waals surface area (Å²) in [5.41, 5.74) is 0.947. The smallest absolute Gasteiger partial charge is 0.127 e. The lowest BCUT2D eigenvalue weighted by Gasteiger charge is -2.01. The minimum Gasteiger partial charge on any atom is -0.303 e. The van der Waals surface area contributed by atoms with E-state index in [1.165, 1.54) is 0 Å². The standard InChI is InChI=1S/C9H8BrO/c1-7(6-11)8-2-4-9(10)5-3-8/h2-7H,1H2. The van der Waals surface area contributed by atoms with Crippen LogP contribution in [0.3, 0.4) is 0 Å². The number of benzene rings is 1. The van der Waals surface area contributed by atoms with Crippen molar-refractivity contribution in [3.8, 4) is 0 Å². The number of aldehydes is 1. The van der Waals surface area contributed by atoms with E-state index in [9.17, 15) is 4.79 Å². The fourth-order valence-electron chi connectivity index (χ4n) is 0.789. The van der Waals surface area contributed by atoms with Gasteiger partial charge in [0.1, 0.15) is 6.29 Å². The molecule has 2 heteroatoms. The van der Waals surface area contributed by atoms with Crippen molar-refractivity contribution < 1.29 is 4.79 Å². The Hall–Kier alpha value is -0.630.